The Morgan fingerprint density at radius 2 is 1.96 bits per heavy atom. The highest BCUT2D eigenvalue weighted by Crippen LogP contribution is 2.23. The van der Waals surface area contributed by atoms with E-state index in [1.807, 2.05) is 48.5 Å². The SMILES string of the molecule is O=C(O)C=Cc1ccc2c(c1)C[C@@H](NC(=O)OCc1ccccc1)CC2. The zero-order valence-electron chi connectivity index (χ0n) is 14.4. The van der Waals surface area contributed by atoms with Crippen LogP contribution in [0.2, 0.25) is 0 Å². The van der Waals surface area contributed by atoms with Gasteiger partial charge in [0.1, 0.15) is 6.61 Å². The Labute approximate surface area is 152 Å². The van der Waals surface area contributed by atoms with Crippen LogP contribution in [0.25, 0.3) is 6.08 Å². The van der Waals surface area contributed by atoms with Gasteiger partial charge in [-0.05, 0) is 47.6 Å². The molecule has 26 heavy (non-hydrogen) atoms. The van der Waals surface area contributed by atoms with Gasteiger partial charge in [-0.1, -0.05) is 48.5 Å². The Kier molecular flexibility index (Phi) is 5.69. The predicted molar refractivity (Wildman–Crippen MR) is 98.7 cm³/mol. The largest absolute Gasteiger partial charge is 0.478 e. The van der Waals surface area contributed by atoms with Crippen LogP contribution in [-0.4, -0.2) is 23.2 Å². The molecular formula is C21H21NO4. The van der Waals surface area contributed by atoms with Crippen molar-refractivity contribution in [3.8, 4) is 0 Å². The maximum absolute atomic E-state index is 12.0. The number of hydrogen-bond donors (Lipinski definition) is 2. The van der Waals surface area contributed by atoms with Crippen LogP contribution in [0.4, 0.5) is 4.79 Å². The highest BCUT2D eigenvalue weighted by atomic mass is 16.5. The second-order valence-corrected chi connectivity index (χ2v) is 6.35. The minimum atomic E-state index is -0.969. The van der Waals surface area contributed by atoms with E-state index in [1.54, 1.807) is 6.08 Å². The van der Waals surface area contributed by atoms with Gasteiger partial charge in [-0.25, -0.2) is 9.59 Å². The molecule has 1 aliphatic rings. The summed E-state index contributed by atoms with van der Waals surface area (Å²) in [5, 5.41) is 11.7. The molecule has 0 saturated heterocycles. The van der Waals surface area contributed by atoms with Gasteiger partial charge >= 0.3 is 12.1 Å². The highest BCUT2D eigenvalue weighted by molar-refractivity contribution is 5.85. The molecule has 2 aromatic rings. The maximum atomic E-state index is 12.0. The van der Waals surface area contributed by atoms with E-state index >= 15 is 0 Å². The fourth-order valence-corrected chi connectivity index (χ4v) is 3.10. The second kappa shape index (κ2) is 8.34. The molecule has 5 heteroatoms. The first kappa shape index (κ1) is 17.7. The molecule has 2 N–H and O–H groups in total. The number of aliphatic carboxylic acids is 1. The monoisotopic (exact) mass is 351 g/mol. The van der Waals surface area contributed by atoms with E-state index in [2.05, 4.69) is 5.32 Å². The van der Waals surface area contributed by atoms with E-state index in [4.69, 9.17) is 9.84 Å². The number of nitrogens with one attached hydrogen (secondary N) is 1. The lowest BCUT2D eigenvalue weighted by Crippen LogP contribution is -2.39. The predicted octanol–water partition coefficient (Wildman–Crippen LogP) is 3.57. The van der Waals surface area contributed by atoms with E-state index in [0.29, 0.717) is 6.42 Å². The molecule has 2 aromatic carbocycles. The van der Waals surface area contributed by atoms with Crippen molar-refractivity contribution in [2.24, 2.45) is 0 Å². The summed E-state index contributed by atoms with van der Waals surface area (Å²) >= 11 is 0. The summed E-state index contributed by atoms with van der Waals surface area (Å²) in [4.78, 5) is 22.7. The number of aryl methyl sites for hydroxylation is 1. The third-order valence-electron chi connectivity index (χ3n) is 4.41. The molecule has 0 spiro atoms. The molecule has 0 bridgehead atoms. The molecular weight excluding hydrogens is 330 g/mol. The average Bonchev–Trinajstić information content (AvgIpc) is 2.65. The standard InChI is InChI=1S/C21H21NO4/c23-20(24)11-7-15-6-8-17-9-10-19(13-18(17)12-15)22-21(25)26-14-16-4-2-1-3-5-16/h1-8,11-12,19H,9-10,13-14H2,(H,22,25)(H,23,24)/t19-/m0/s1. The molecule has 0 saturated carbocycles. The topological polar surface area (TPSA) is 75.6 Å². The van der Waals surface area contributed by atoms with Crippen LogP contribution in [0.1, 0.15) is 28.7 Å². The van der Waals surface area contributed by atoms with Crippen molar-refractivity contribution in [3.05, 3.63) is 76.9 Å². The number of carboxylic acid groups (broad SMARTS) is 1. The fraction of sp³-hybridized carbons (Fsp3) is 0.238. The first-order valence-electron chi connectivity index (χ1n) is 8.60. The fourth-order valence-electron chi connectivity index (χ4n) is 3.10. The van der Waals surface area contributed by atoms with Crippen LogP contribution >= 0.6 is 0 Å². The quantitative estimate of drug-likeness (QED) is 0.808. The highest BCUT2D eigenvalue weighted by Gasteiger charge is 2.20. The van der Waals surface area contributed by atoms with Crippen molar-refractivity contribution >= 4 is 18.1 Å². The van der Waals surface area contributed by atoms with E-state index in [1.165, 1.54) is 5.56 Å². The van der Waals surface area contributed by atoms with E-state index in [9.17, 15) is 9.59 Å². The summed E-state index contributed by atoms with van der Waals surface area (Å²) in [5.41, 5.74) is 4.18. The Morgan fingerprint density at radius 3 is 2.73 bits per heavy atom. The maximum Gasteiger partial charge on any atom is 0.407 e. The smallest absolute Gasteiger partial charge is 0.407 e. The van der Waals surface area contributed by atoms with Gasteiger partial charge in [0.05, 0.1) is 0 Å². The van der Waals surface area contributed by atoms with Crippen molar-refractivity contribution < 1.29 is 19.4 Å². The molecule has 0 heterocycles. The Hall–Kier alpha value is -3.08. The third kappa shape index (κ3) is 4.96. The summed E-state index contributed by atoms with van der Waals surface area (Å²) in [6, 6.07) is 15.5. The minimum Gasteiger partial charge on any atom is -0.478 e. The molecule has 0 radical (unpaired) electrons. The number of ether oxygens (including phenoxy) is 1. The first-order chi connectivity index (χ1) is 12.6. The van der Waals surface area contributed by atoms with Crippen molar-refractivity contribution in [1.29, 1.82) is 0 Å². The zero-order valence-corrected chi connectivity index (χ0v) is 14.4. The van der Waals surface area contributed by atoms with Gasteiger partial charge in [0.25, 0.3) is 0 Å². The van der Waals surface area contributed by atoms with Crippen LogP contribution < -0.4 is 5.32 Å². The third-order valence-corrected chi connectivity index (χ3v) is 4.41. The Balaban J connectivity index is 1.56. The van der Waals surface area contributed by atoms with Crippen molar-refractivity contribution in [1.82, 2.24) is 5.32 Å². The van der Waals surface area contributed by atoms with Gasteiger partial charge in [-0.15, -0.1) is 0 Å². The lowest BCUT2D eigenvalue weighted by Gasteiger charge is -2.25. The molecule has 1 amide bonds. The van der Waals surface area contributed by atoms with Gasteiger partial charge < -0.3 is 15.2 Å². The molecule has 134 valence electrons. The van der Waals surface area contributed by atoms with Gasteiger partial charge in [-0.3, -0.25) is 0 Å². The molecule has 0 fully saturated rings. The number of benzene rings is 2. The second-order valence-electron chi connectivity index (χ2n) is 6.35. The van der Waals surface area contributed by atoms with E-state index in [0.717, 1.165) is 35.6 Å². The summed E-state index contributed by atoms with van der Waals surface area (Å²) in [6.45, 7) is 0.250. The average molecular weight is 351 g/mol. The van der Waals surface area contributed by atoms with Crippen molar-refractivity contribution in [3.63, 3.8) is 0 Å². The number of hydrogen-bond acceptors (Lipinski definition) is 3. The zero-order chi connectivity index (χ0) is 18.4. The van der Waals surface area contributed by atoms with Gasteiger partial charge in [0.2, 0.25) is 0 Å². The molecule has 3 rings (SSSR count). The molecule has 5 nitrogen and oxygen atoms in total. The molecule has 0 aliphatic heterocycles. The van der Waals surface area contributed by atoms with Crippen LogP contribution in [0, 0.1) is 0 Å². The van der Waals surface area contributed by atoms with E-state index in [-0.39, 0.29) is 12.6 Å². The van der Waals surface area contributed by atoms with Crippen molar-refractivity contribution in [2.45, 2.75) is 31.9 Å². The number of fused-ring (bicyclic) bond motifs is 1. The lowest BCUT2D eigenvalue weighted by atomic mass is 9.87. The number of carbonyl (C=O) groups excluding carboxylic acids is 1. The summed E-state index contributed by atoms with van der Waals surface area (Å²) < 4.78 is 5.28. The molecule has 1 atom stereocenters. The first-order valence-corrected chi connectivity index (χ1v) is 8.60. The van der Waals surface area contributed by atoms with Gasteiger partial charge in [0, 0.05) is 12.1 Å². The van der Waals surface area contributed by atoms with Gasteiger partial charge in [-0.2, -0.15) is 0 Å². The summed E-state index contributed by atoms with van der Waals surface area (Å²) in [7, 11) is 0. The molecule has 1 aliphatic carbocycles. The van der Waals surface area contributed by atoms with E-state index < -0.39 is 12.1 Å². The number of rotatable bonds is 5. The normalized spacial score (nSPS) is 16.1. The number of carbonyl (C=O) groups is 2. The lowest BCUT2D eigenvalue weighted by molar-refractivity contribution is -0.131. The summed E-state index contributed by atoms with van der Waals surface area (Å²) in [6.07, 6.45) is 4.74. The minimum absolute atomic E-state index is 0.0180. The van der Waals surface area contributed by atoms with Crippen LogP contribution in [0.15, 0.2) is 54.6 Å². The molecule has 0 unspecified atom stereocenters. The van der Waals surface area contributed by atoms with Crippen LogP contribution in [0.5, 0.6) is 0 Å². The van der Waals surface area contributed by atoms with Crippen molar-refractivity contribution in [2.75, 3.05) is 0 Å². The van der Waals surface area contributed by atoms with Crippen LogP contribution in [-0.2, 0) is 29.0 Å². The number of amides is 1. The van der Waals surface area contributed by atoms with Crippen LogP contribution in [0.3, 0.4) is 0 Å². The summed E-state index contributed by atoms with van der Waals surface area (Å²) in [5.74, 6) is -0.969. The number of carboxylic acids is 1. The Morgan fingerprint density at radius 1 is 1.15 bits per heavy atom. The van der Waals surface area contributed by atoms with Gasteiger partial charge in [0.15, 0.2) is 0 Å². The Bertz CT molecular complexity index is 814. The molecule has 0 aromatic heterocycles. The number of alkyl carbamates (subject to hydrolysis) is 1.